The average Bonchev–Trinajstić information content (AvgIpc) is 3.27. The molecule has 0 atom stereocenters. The third kappa shape index (κ3) is 5.57. The van der Waals surface area contributed by atoms with Gasteiger partial charge in [-0.3, -0.25) is 10.1 Å². The number of carbonyl (C=O) groups excluding carboxylic acids is 1. The molecule has 0 spiro atoms. The normalized spacial score (nSPS) is 19.0. The van der Waals surface area contributed by atoms with Crippen LogP contribution in [0.1, 0.15) is 48.6 Å². The Hall–Kier alpha value is -2.14. The number of carbonyl (C=O) groups is 1. The van der Waals surface area contributed by atoms with Crippen molar-refractivity contribution in [1.29, 1.82) is 0 Å². The van der Waals surface area contributed by atoms with Crippen molar-refractivity contribution in [3.8, 4) is 0 Å². The number of nitrogens with one attached hydrogen (secondary N) is 1. The minimum atomic E-state index is -3.52. The highest BCUT2D eigenvalue weighted by molar-refractivity contribution is 7.89. The summed E-state index contributed by atoms with van der Waals surface area (Å²) in [6.07, 6.45) is 9.06. The molecule has 1 N–H and O–H groups in total. The van der Waals surface area contributed by atoms with E-state index in [-0.39, 0.29) is 10.8 Å². The van der Waals surface area contributed by atoms with Crippen LogP contribution in [0.15, 0.2) is 35.2 Å². The molecule has 0 unspecified atom stereocenters. The molecular formula is C21H26N4O4S2. The van der Waals surface area contributed by atoms with Crippen molar-refractivity contribution in [3.63, 3.8) is 0 Å². The molecule has 1 aliphatic heterocycles. The fourth-order valence-corrected chi connectivity index (χ4v) is 6.13. The number of amides is 1. The van der Waals surface area contributed by atoms with Crippen molar-refractivity contribution in [2.45, 2.75) is 42.9 Å². The van der Waals surface area contributed by atoms with Crippen LogP contribution in [0.3, 0.4) is 0 Å². The van der Waals surface area contributed by atoms with Gasteiger partial charge in [-0.15, -0.1) is 10.2 Å². The number of ether oxygens (including phenoxy) is 1. The smallest absolute Gasteiger partial charge is 0.250 e. The van der Waals surface area contributed by atoms with Gasteiger partial charge in [0.25, 0.3) is 0 Å². The van der Waals surface area contributed by atoms with E-state index in [9.17, 15) is 13.2 Å². The first-order valence-electron chi connectivity index (χ1n) is 10.5. The second kappa shape index (κ2) is 9.99. The van der Waals surface area contributed by atoms with Gasteiger partial charge < -0.3 is 4.74 Å². The van der Waals surface area contributed by atoms with Crippen molar-refractivity contribution in [1.82, 2.24) is 14.5 Å². The first kappa shape index (κ1) is 22.1. The quantitative estimate of drug-likeness (QED) is 0.661. The van der Waals surface area contributed by atoms with Crippen LogP contribution in [0.25, 0.3) is 6.08 Å². The van der Waals surface area contributed by atoms with E-state index in [1.807, 2.05) is 0 Å². The molecule has 10 heteroatoms. The van der Waals surface area contributed by atoms with Gasteiger partial charge >= 0.3 is 0 Å². The molecule has 1 aromatic heterocycles. The zero-order valence-corrected chi connectivity index (χ0v) is 18.8. The molecule has 4 rings (SSSR count). The highest BCUT2D eigenvalue weighted by Crippen LogP contribution is 2.35. The highest BCUT2D eigenvalue weighted by Gasteiger charge is 2.26. The summed E-state index contributed by atoms with van der Waals surface area (Å²) in [6, 6.07) is 6.49. The van der Waals surface area contributed by atoms with E-state index < -0.39 is 10.0 Å². The topological polar surface area (TPSA) is 101 Å². The van der Waals surface area contributed by atoms with Crippen LogP contribution in [-0.4, -0.2) is 55.1 Å². The number of benzene rings is 1. The highest BCUT2D eigenvalue weighted by atomic mass is 32.2. The molecule has 1 amide bonds. The van der Waals surface area contributed by atoms with E-state index in [0.717, 1.165) is 23.4 Å². The van der Waals surface area contributed by atoms with Gasteiger partial charge in [0.2, 0.25) is 21.1 Å². The van der Waals surface area contributed by atoms with Gasteiger partial charge in [-0.05, 0) is 36.6 Å². The van der Waals surface area contributed by atoms with Crippen LogP contribution in [-0.2, 0) is 19.6 Å². The molecule has 8 nitrogen and oxygen atoms in total. The molecule has 0 bridgehead atoms. The van der Waals surface area contributed by atoms with Crippen LogP contribution in [0.2, 0.25) is 0 Å². The van der Waals surface area contributed by atoms with E-state index in [4.69, 9.17) is 4.74 Å². The Morgan fingerprint density at radius 1 is 1.10 bits per heavy atom. The van der Waals surface area contributed by atoms with Crippen molar-refractivity contribution in [2.75, 3.05) is 31.6 Å². The van der Waals surface area contributed by atoms with Crippen LogP contribution in [0.4, 0.5) is 5.13 Å². The lowest BCUT2D eigenvalue weighted by Gasteiger charge is -2.26. The van der Waals surface area contributed by atoms with Crippen LogP contribution in [0, 0.1) is 0 Å². The first-order chi connectivity index (χ1) is 15.0. The predicted octanol–water partition coefficient (Wildman–Crippen LogP) is 3.26. The van der Waals surface area contributed by atoms with Gasteiger partial charge in [-0.1, -0.05) is 42.7 Å². The second-order valence-corrected chi connectivity index (χ2v) is 10.6. The Balaban J connectivity index is 1.34. The molecule has 1 saturated heterocycles. The number of aromatic nitrogens is 2. The van der Waals surface area contributed by atoms with E-state index in [0.29, 0.717) is 37.4 Å². The number of morpholine rings is 1. The molecule has 2 heterocycles. The Kier molecular flexibility index (Phi) is 7.11. The summed E-state index contributed by atoms with van der Waals surface area (Å²) in [5, 5.41) is 12.6. The molecule has 1 saturated carbocycles. The molecular weight excluding hydrogens is 436 g/mol. The largest absolute Gasteiger partial charge is 0.379 e. The lowest BCUT2D eigenvalue weighted by atomic mass is 9.90. The number of hydrogen-bond acceptors (Lipinski definition) is 7. The number of rotatable bonds is 6. The van der Waals surface area contributed by atoms with Gasteiger partial charge in [-0.25, -0.2) is 8.42 Å². The van der Waals surface area contributed by atoms with Gasteiger partial charge in [0.05, 0.1) is 18.1 Å². The minimum Gasteiger partial charge on any atom is -0.379 e. The fourth-order valence-electron chi connectivity index (χ4n) is 3.81. The summed E-state index contributed by atoms with van der Waals surface area (Å²) in [7, 11) is -3.52. The number of hydrogen-bond donors (Lipinski definition) is 1. The average molecular weight is 463 g/mol. The molecule has 2 aromatic rings. The first-order valence-corrected chi connectivity index (χ1v) is 12.8. The Morgan fingerprint density at radius 2 is 1.81 bits per heavy atom. The van der Waals surface area contributed by atoms with Crippen molar-refractivity contribution in [3.05, 3.63) is 40.9 Å². The Labute approximate surface area is 186 Å². The zero-order chi connectivity index (χ0) is 21.7. The second-order valence-electron chi connectivity index (χ2n) is 7.69. The lowest BCUT2D eigenvalue weighted by Crippen LogP contribution is -2.40. The molecule has 166 valence electrons. The predicted molar refractivity (Wildman–Crippen MR) is 119 cm³/mol. The van der Waals surface area contributed by atoms with Crippen LogP contribution < -0.4 is 5.32 Å². The van der Waals surface area contributed by atoms with Crippen molar-refractivity contribution < 1.29 is 17.9 Å². The zero-order valence-electron chi connectivity index (χ0n) is 17.2. The third-order valence-corrected chi connectivity index (χ3v) is 8.45. The standard InChI is InChI=1S/C21H26N4O4S2/c26-19(22-21-24-23-20(30-21)17-4-2-1-3-5-17)11-8-16-6-9-18(10-7-16)31(27,28)25-12-14-29-15-13-25/h6-11,17H,1-5,12-15H2,(H,22,24,26). The fraction of sp³-hybridized carbons (Fsp3) is 0.476. The van der Waals surface area contributed by atoms with E-state index >= 15 is 0 Å². The van der Waals surface area contributed by atoms with Gasteiger partial charge in [0, 0.05) is 25.1 Å². The molecule has 1 aromatic carbocycles. The van der Waals surface area contributed by atoms with E-state index in [1.54, 1.807) is 30.3 Å². The van der Waals surface area contributed by atoms with Crippen molar-refractivity contribution in [2.24, 2.45) is 0 Å². The monoisotopic (exact) mass is 462 g/mol. The summed E-state index contributed by atoms with van der Waals surface area (Å²) in [5.74, 6) is 0.163. The van der Waals surface area contributed by atoms with Gasteiger partial charge in [0.15, 0.2) is 0 Å². The molecule has 0 radical (unpaired) electrons. The van der Waals surface area contributed by atoms with Gasteiger partial charge in [0.1, 0.15) is 5.01 Å². The maximum Gasteiger partial charge on any atom is 0.250 e. The SMILES string of the molecule is O=C(C=Cc1ccc(S(=O)(=O)N2CCOCC2)cc1)Nc1nnc(C2CCCCC2)s1. The molecule has 31 heavy (non-hydrogen) atoms. The van der Waals surface area contributed by atoms with Crippen LogP contribution >= 0.6 is 11.3 Å². The molecule has 1 aliphatic carbocycles. The number of anilines is 1. The summed E-state index contributed by atoms with van der Waals surface area (Å²) < 4.78 is 32.0. The van der Waals surface area contributed by atoms with E-state index in [1.165, 1.54) is 41.0 Å². The summed E-state index contributed by atoms with van der Waals surface area (Å²) >= 11 is 1.44. The third-order valence-electron chi connectivity index (χ3n) is 5.54. The maximum atomic E-state index is 12.7. The summed E-state index contributed by atoms with van der Waals surface area (Å²) in [5.41, 5.74) is 0.733. The summed E-state index contributed by atoms with van der Waals surface area (Å²) in [4.78, 5) is 12.5. The lowest BCUT2D eigenvalue weighted by molar-refractivity contribution is -0.111. The van der Waals surface area contributed by atoms with Gasteiger partial charge in [-0.2, -0.15) is 4.31 Å². The Morgan fingerprint density at radius 3 is 2.52 bits per heavy atom. The molecule has 2 aliphatic rings. The maximum absolute atomic E-state index is 12.7. The number of sulfonamides is 1. The molecule has 2 fully saturated rings. The van der Waals surface area contributed by atoms with Crippen LogP contribution in [0.5, 0.6) is 0 Å². The van der Waals surface area contributed by atoms with Crippen molar-refractivity contribution >= 4 is 38.5 Å². The minimum absolute atomic E-state index is 0.236. The van der Waals surface area contributed by atoms with E-state index in [2.05, 4.69) is 15.5 Å². The number of nitrogens with zero attached hydrogens (tertiary/aromatic N) is 3. The summed E-state index contributed by atoms with van der Waals surface area (Å²) in [6.45, 7) is 1.54. The Bertz CT molecular complexity index is 1020.